The second-order valence-electron chi connectivity index (χ2n) is 6.89. The van der Waals surface area contributed by atoms with Crippen molar-refractivity contribution in [2.45, 2.75) is 43.1 Å². The fourth-order valence-electron chi connectivity index (χ4n) is 3.45. The molecule has 0 spiro atoms. The molecular formula is C19H29Cl2N3O. The zero-order valence-electron chi connectivity index (χ0n) is 15.1. The predicted molar refractivity (Wildman–Crippen MR) is 107 cm³/mol. The van der Waals surface area contributed by atoms with Crippen LogP contribution in [-0.4, -0.2) is 61.3 Å². The summed E-state index contributed by atoms with van der Waals surface area (Å²) in [6.07, 6.45) is 3.10. The van der Waals surface area contributed by atoms with Gasteiger partial charge in [0.1, 0.15) is 0 Å². The summed E-state index contributed by atoms with van der Waals surface area (Å²) in [6.45, 7) is 1.97. The van der Waals surface area contributed by atoms with Crippen LogP contribution in [0, 0.1) is 0 Å². The normalized spacial score (nSPS) is 23.2. The highest BCUT2D eigenvalue weighted by Crippen LogP contribution is 2.32. The standard InChI is InChI=1S/C19H29Cl2N3O/c1-23(2)12-6-11-22-17-13-15(21)14-18(17)24(19(25)9-10-20)16-7-4-3-5-8-16/h3-5,7-8,15,17-18,22H,6,9-14H2,1-2H3. The first-order valence-corrected chi connectivity index (χ1v) is 9.95. The molecule has 0 heterocycles. The number of nitrogens with one attached hydrogen (secondary N) is 1. The molecule has 25 heavy (non-hydrogen) atoms. The largest absolute Gasteiger partial charge is 0.312 e. The van der Waals surface area contributed by atoms with E-state index in [0.717, 1.165) is 38.0 Å². The van der Waals surface area contributed by atoms with Gasteiger partial charge in [0.15, 0.2) is 0 Å². The molecule has 1 aromatic carbocycles. The van der Waals surface area contributed by atoms with Gasteiger partial charge in [-0.15, -0.1) is 23.2 Å². The van der Waals surface area contributed by atoms with E-state index in [1.807, 2.05) is 35.2 Å². The van der Waals surface area contributed by atoms with Gasteiger partial charge in [-0.2, -0.15) is 0 Å². The molecule has 1 aliphatic rings. The molecule has 140 valence electrons. The van der Waals surface area contributed by atoms with Crippen molar-refractivity contribution in [3.8, 4) is 0 Å². The monoisotopic (exact) mass is 385 g/mol. The Morgan fingerprint density at radius 2 is 1.96 bits per heavy atom. The maximum atomic E-state index is 12.8. The van der Waals surface area contributed by atoms with E-state index in [0.29, 0.717) is 12.3 Å². The topological polar surface area (TPSA) is 35.6 Å². The van der Waals surface area contributed by atoms with Crippen molar-refractivity contribution in [1.82, 2.24) is 10.2 Å². The van der Waals surface area contributed by atoms with Gasteiger partial charge in [0, 0.05) is 29.4 Å². The van der Waals surface area contributed by atoms with Crippen LogP contribution in [0.2, 0.25) is 0 Å². The SMILES string of the molecule is CN(C)CCCNC1CC(Cl)CC1N(C(=O)CCCl)c1ccccc1. The summed E-state index contributed by atoms with van der Waals surface area (Å²) >= 11 is 12.3. The summed E-state index contributed by atoms with van der Waals surface area (Å²) < 4.78 is 0. The summed E-state index contributed by atoms with van der Waals surface area (Å²) in [5.74, 6) is 0.400. The van der Waals surface area contributed by atoms with Crippen LogP contribution in [-0.2, 0) is 4.79 Å². The second kappa shape index (κ2) is 10.4. The number of amides is 1. The number of benzene rings is 1. The molecule has 2 rings (SSSR count). The molecule has 1 fully saturated rings. The van der Waals surface area contributed by atoms with Crippen molar-refractivity contribution in [1.29, 1.82) is 0 Å². The molecule has 6 heteroatoms. The summed E-state index contributed by atoms with van der Waals surface area (Å²) in [4.78, 5) is 16.9. The predicted octanol–water partition coefficient (Wildman–Crippen LogP) is 3.33. The molecule has 1 aromatic rings. The Kier molecular flexibility index (Phi) is 8.50. The van der Waals surface area contributed by atoms with Crippen LogP contribution in [0.25, 0.3) is 0 Å². The minimum Gasteiger partial charge on any atom is -0.312 e. The van der Waals surface area contributed by atoms with Gasteiger partial charge in [-0.05, 0) is 58.6 Å². The number of halogens is 2. The lowest BCUT2D eigenvalue weighted by Gasteiger charge is -2.34. The van der Waals surface area contributed by atoms with E-state index < -0.39 is 0 Å². The number of alkyl halides is 2. The van der Waals surface area contributed by atoms with E-state index >= 15 is 0 Å². The minimum absolute atomic E-state index is 0.0667. The number of hydrogen-bond acceptors (Lipinski definition) is 3. The van der Waals surface area contributed by atoms with Gasteiger partial charge in [0.05, 0.1) is 6.04 Å². The van der Waals surface area contributed by atoms with Crippen molar-refractivity contribution < 1.29 is 4.79 Å². The van der Waals surface area contributed by atoms with Crippen LogP contribution < -0.4 is 10.2 Å². The maximum Gasteiger partial charge on any atom is 0.228 e. The number of rotatable bonds is 9. The van der Waals surface area contributed by atoms with Crippen LogP contribution in [0.3, 0.4) is 0 Å². The van der Waals surface area contributed by atoms with E-state index in [4.69, 9.17) is 23.2 Å². The molecule has 3 atom stereocenters. The van der Waals surface area contributed by atoms with Gasteiger partial charge < -0.3 is 15.1 Å². The molecule has 1 amide bonds. The van der Waals surface area contributed by atoms with Gasteiger partial charge >= 0.3 is 0 Å². The third-order valence-corrected chi connectivity index (χ3v) is 5.15. The first kappa shape index (κ1) is 20.5. The molecular weight excluding hydrogens is 357 g/mol. The Morgan fingerprint density at radius 3 is 2.60 bits per heavy atom. The van der Waals surface area contributed by atoms with Crippen LogP contribution in [0.5, 0.6) is 0 Å². The van der Waals surface area contributed by atoms with Crippen LogP contribution in [0.4, 0.5) is 5.69 Å². The molecule has 0 aromatic heterocycles. The number of anilines is 1. The van der Waals surface area contributed by atoms with E-state index in [1.54, 1.807) is 0 Å². The Morgan fingerprint density at radius 1 is 1.24 bits per heavy atom. The first-order valence-electron chi connectivity index (χ1n) is 8.98. The zero-order chi connectivity index (χ0) is 18.2. The smallest absolute Gasteiger partial charge is 0.228 e. The number of hydrogen-bond donors (Lipinski definition) is 1. The van der Waals surface area contributed by atoms with E-state index in [1.165, 1.54) is 0 Å². The van der Waals surface area contributed by atoms with Crippen molar-refractivity contribution in [2.75, 3.05) is 38.0 Å². The quantitative estimate of drug-likeness (QED) is 0.522. The molecule has 0 bridgehead atoms. The molecule has 1 aliphatic carbocycles. The van der Waals surface area contributed by atoms with Gasteiger partial charge in [0.25, 0.3) is 0 Å². The number of nitrogens with zero attached hydrogens (tertiary/aromatic N) is 2. The van der Waals surface area contributed by atoms with Gasteiger partial charge in [-0.1, -0.05) is 18.2 Å². The zero-order valence-corrected chi connectivity index (χ0v) is 16.6. The average Bonchev–Trinajstić information content (AvgIpc) is 2.93. The van der Waals surface area contributed by atoms with Crippen LogP contribution in [0.15, 0.2) is 30.3 Å². The average molecular weight is 386 g/mol. The Labute approximate surface area is 161 Å². The summed E-state index contributed by atoms with van der Waals surface area (Å²) in [7, 11) is 4.16. The van der Waals surface area contributed by atoms with Crippen molar-refractivity contribution >= 4 is 34.8 Å². The lowest BCUT2D eigenvalue weighted by Crippen LogP contribution is -2.50. The van der Waals surface area contributed by atoms with E-state index in [9.17, 15) is 4.79 Å². The molecule has 3 unspecified atom stereocenters. The molecule has 0 radical (unpaired) electrons. The van der Waals surface area contributed by atoms with Gasteiger partial charge in [-0.3, -0.25) is 4.79 Å². The molecule has 1 saturated carbocycles. The number of carbonyl (C=O) groups is 1. The Bertz CT molecular complexity index is 527. The second-order valence-corrected chi connectivity index (χ2v) is 7.89. The van der Waals surface area contributed by atoms with Crippen LogP contribution >= 0.6 is 23.2 Å². The third kappa shape index (κ3) is 6.14. The van der Waals surface area contributed by atoms with Crippen molar-refractivity contribution in [3.63, 3.8) is 0 Å². The van der Waals surface area contributed by atoms with Crippen molar-refractivity contribution in [3.05, 3.63) is 30.3 Å². The lowest BCUT2D eigenvalue weighted by atomic mass is 10.1. The summed E-state index contributed by atoms with van der Waals surface area (Å²) in [5, 5.41) is 3.72. The molecule has 4 nitrogen and oxygen atoms in total. The highest BCUT2D eigenvalue weighted by Gasteiger charge is 2.39. The summed E-state index contributed by atoms with van der Waals surface area (Å²) in [5.41, 5.74) is 0.925. The maximum absolute atomic E-state index is 12.8. The van der Waals surface area contributed by atoms with E-state index in [2.05, 4.69) is 24.3 Å². The minimum atomic E-state index is 0.0667. The number of carbonyl (C=O) groups excluding carboxylic acids is 1. The lowest BCUT2D eigenvalue weighted by molar-refractivity contribution is -0.118. The fourth-order valence-corrected chi connectivity index (χ4v) is 3.99. The number of para-hydroxylation sites is 1. The Hall–Kier alpha value is -0.810. The van der Waals surface area contributed by atoms with Crippen molar-refractivity contribution in [2.24, 2.45) is 0 Å². The van der Waals surface area contributed by atoms with Crippen LogP contribution in [0.1, 0.15) is 25.7 Å². The van der Waals surface area contributed by atoms with E-state index in [-0.39, 0.29) is 23.4 Å². The highest BCUT2D eigenvalue weighted by atomic mass is 35.5. The molecule has 0 saturated heterocycles. The molecule has 0 aliphatic heterocycles. The third-order valence-electron chi connectivity index (χ3n) is 4.60. The Balaban J connectivity index is 2.11. The highest BCUT2D eigenvalue weighted by molar-refractivity contribution is 6.21. The van der Waals surface area contributed by atoms with Gasteiger partial charge in [0.2, 0.25) is 5.91 Å². The fraction of sp³-hybridized carbons (Fsp3) is 0.632. The molecule has 1 N–H and O–H groups in total. The first-order chi connectivity index (χ1) is 12.0. The summed E-state index contributed by atoms with van der Waals surface area (Å²) in [6, 6.07) is 10.1. The van der Waals surface area contributed by atoms with Gasteiger partial charge in [-0.25, -0.2) is 0 Å².